The number of benzene rings is 2. The van der Waals surface area contributed by atoms with Crippen molar-refractivity contribution in [2.75, 3.05) is 32.8 Å². The van der Waals surface area contributed by atoms with E-state index in [1.165, 1.54) is 12.1 Å². The molecule has 3 aliphatic heterocycles. The van der Waals surface area contributed by atoms with Crippen molar-refractivity contribution in [3.05, 3.63) is 83.7 Å². The lowest BCUT2D eigenvalue weighted by Crippen LogP contribution is -2.58. The minimum Gasteiger partial charge on any atom is -0.381 e. The number of carbonyl (C=O) groups is 3. The molecule has 3 aliphatic rings. The minimum absolute atomic E-state index is 0.0691. The molecule has 224 valence electrons. The summed E-state index contributed by atoms with van der Waals surface area (Å²) < 4.78 is 19.1. The van der Waals surface area contributed by atoms with E-state index in [1.807, 2.05) is 30.3 Å². The summed E-state index contributed by atoms with van der Waals surface area (Å²) in [6.07, 6.45) is 7.94. The Morgan fingerprint density at radius 3 is 2.60 bits per heavy atom. The van der Waals surface area contributed by atoms with Gasteiger partial charge in [-0.3, -0.25) is 19.3 Å². The maximum absolute atomic E-state index is 13.7. The number of likely N-dealkylation sites (tertiary alicyclic amines) is 1. The van der Waals surface area contributed by atoms with E-state index in [0.717, 1.165) is 12.0 Å². The van der Waals surface area contributed by atoms with E-state index >= 15 is 0 Å². The van der Waals surface area contributed by atoms with Gasteiger partial charge < -0.3 is 20.7 Å². The molecule has 2 aromatic carbocycles. The van der Waals surface area contributed by atoms with Crippen LogP contribution in [0.4, 0.5) is 4.39 Å². The van der Waals surface area contributed by atoms with Crippen LogP contribution >= 0.6 is 0 Å². The maximum Gasteiger partial charge on any atom is 0.243 e. The van der Waals surface area contributed by atoms with E-state index in [1.54, 1.807) is 12.1 Å². The second kappa shape index (κ2) is 14.1. The molecular weight excluding hydrogens is 535 g/mol. The Labute approximate surface area is 247 Å². The van der Waals surface area contributed by atoms with Gasteiger partial charge in [-0.15, -0.1) is 0 Å². The van der Waals surface area contributed by atoms with Crippen LogP contribution in [0.3, 0.4) is 0 Å². The molecule has 3 N–H and O–H groups in total. The van der Waals surface area contributed by atoms with Gasteiger partial charge in [-0.1, -0.05) is 54.6 Å². The zero-order valence-corrected chi connectivity index (χ0v) is 24.0. The van der Waals surface area contributed by atoms with Gasteiger partial charge in [0.1, 0.15) is 11.9 Å². The van der Waals surface area contributed by atoms with E-state index in [0.29, 0.717) is 64.0 Å². The molecular formula is C33H41FN4O4. The molecule has 3 amide bonds. The summed E-state index contributed by atoms with van der Waals surface area (Å²) in [6, 6.07) is 15.2. The number of nitrogens with one attached hydrogen (secondary N) is 3. The molecule has 2 aromatic rings. The lowest BCUT2D eigenvalue weighted by atomic mass is 9.75. The molecule has 0 aliphatic carbocycles. The lowest BCUT2D eigenvalue weighted by Gasteiger charge is -2.40. The Kier molecular flexibility index (Phi) is 10.0. The van der Waals surface area contributed by atoms with E-state index in [9.17, 15) is 18.8 Å². The van der Waals surface area contributed by atoms with Crippen LogP contribution in [0.25, 0.3) is 0 Å². The summed E-state index contributed by atoms with van der Waals surface area (Å²) in [5.74, 6) is -0.571. The van der Waals surface area contributed by atoms with Crippen molar-refractivity contribution < 1.29 is 23.5 Å². The third kappa shape index (κ3) is 7.83. The van der Waals surface area contributed by atoms with E-state index < -0.39 is 11.5 Å². The summed E-state index contributed by atoms with van der Waals surface area (Å²) >= 11 is 0. The standard InChI is InChI=1S/C33H41FN4O4/c34-27-11-6-9-25(19-27)21-35-30(39)23-38-16-12-28-26(22-38)10-4-5-13-33(14-17-42-18-15-33)32(41)37-29(31(40)36-28)20-24-7-2-1-3-8-24/h1-9,11,19,26,28-29H,10,12-18,20-23H2,(H,35,39)(H,36,40)(H,37,41)/b5-4+/t26-,28-,29-/m0/s1. The summed E-state index contributed by atoms with van der Waals surface area (Å²) in [7, 11) is 0. The summed E-state index contributed by atoms with van der Waals surface area (Å²) in [5.41, 5.74) is 1.11. The third-order valence-corrected chi connectivity index (χ3v) is 8.84. The smallest absolute Gasteiger partial charge is 0.243 e. The molecule has 0 bridgehead atoms. The molecule has 2 saturated heterocycles. The largest absolute Gasteiger partial charge is 0.381 e. The first-order chi connectivity index (χ1) is 20.4. The van der Waals surface area contributed by atoms with Gasteiger partial charge in [0.2, 0.25) is 17.7 Å². The van der Waals surface area contributed by atoms with Gasteiger partial charge in [-0.05, 0) is 61.3 Å². The fourth-order valence-corrected chi connectivity index (χ4v) is 6.31. The van der Waals surface area contributed by atoms with Crippen LogP contribution in [0.5, 0.6) is 0 Å². The molecule has 3 heterocycles. The molecule has 0 radical (unpaired) electrons. The zero-order chi connectivity index (χ0) is 29.4. The van der Waals surface area contributed by atoms with Crippen molar-refractivity contribution in [3.63, 3.8) is 0 Å². The predicted octanol–water partition coefficient (Wildman–Crippen LogP) is 3.12. The highest BCUT2D eigenvalue weighted by Gasteiger charge is 2.41. The molecule has 5 rings (SSSR count). The van der Waals surface area contributed by atoms with Crippen LogP contribution in [0.2, 0.25) is 0 Å². The van der Waals surface area contributed by atoms with Crippen LogP contribution < -0.4 is 16.0 Å². The molecule has 0 aromatic heterocycles. The normalized spacial score (nSPS) is 25.7. The molecule has 0 unspecified atom stereocenters. The number of fused-ring (bicyclic) bond motifs is 1. The number of carbonyl (C=O) groups excluding carboxylic acids is 3. The molecule has 2 fully saturated rings. The maximum atomic E-state index is 13.7. The predicted molar refractivity (Wildman–Crippen MR) is 158 cm³/mol. The number of amides is 3. The van der Waals surface area contributed by atoms with Crippen LogP contribution in [-0.4, -0.2) is 67.6 Å². The Balaban J connectivity index is 1.28. The highest BCUT2D eigenvalue weighted by Crippen LogP contribution is 2.36. The lowest BCUT2D eigenvalue weighted by molar-refractivity contribution is -0.140. The van der Waals surface area contributed by atoms with Crippen molar-refractivity contribution in [1.29, 1.82) is 0 Å². The second-order valence-electron chi connectivity index (χ2n) is 11.8. The fourth-order valence-electron chi connectivity index (χ4n) is 6.31. The van der Waals surface area contributed by atoms with Gasteiger partial charge in [0.15, 0.2) is 0 Å². The van der Waals surface area contributed by atoms with Crippen molar-refractivity contribution in [2.24, 2.45) is 11.3 Å². The molecule has 8 nitrogen and oxygen atoms in total. The Hall–Kier alpha value is -3.56. The van der Waals surface area contributed by atoms with Crippen molar-refractivity contribution in [2.45, 2.75) is 57.2 Å². The Morgan fingerprint density at radius 2 is 1.81 bits per heavy atom. The van der Waals surface area contributed by atoms with Gasteiger partial charge in [0.25, 0.3) is 0 Å². The fraction of sp³-hybridized carbons (Fsp3) is 0.485. The number of rotatable bonds is 6. The van der Waals surface area contributed by atoms with Crippen LogP contribution in [0.15, 0.2) is 66.7 Å². The molecule has 42 heavy (non-hydrogen) atoms. The number of hydrogen-bond donors (Lipinski definition) is 3. The molecule has 1 spiro atoms. The number of ether oxygens (including phenoxy) is 1. The first-order valence-corrected chi connectivity index (χ1v) is 15.0. The SMILES string of the molecule is O=C(CN1CC[C@@H]2NC(=O)[C@H](Cc3ccccc3)NC(=O)C3(C/C=C/C[C@H]2C1)CCOCC3)NCc1cccc(F)c1. The summed E-state index contributed by atoms with van der Waals surface area (Å²) in [4.78, 5) is 42.3. The summed E-state index contributed by atoms with van der Waals surface area (Å²) in [6.45, 7) is 2.90. The topological polar surface area (TPSA) is 99.8 Å². The average Bonchev–Trinajstić information content (AvgIpc) is 2.99. The van der Waals surface area contributed by atoms with E-state index in [-0.39, 0.29) is 48.6 Å². The van der Waals surface area contributed by atoms with Crippen molar-refractivity contribution in [1.82, 2.24) is 20.9 Å². The number of nitrogens with zero attached hydrogens (tertiary/aromatic N) is 1. The van der Waals surface area contributed by atoms with Crippen molar-refractivity contribution >= 4 is 17.7 Å². The molecule has 3 atom stereocenters. The highest BCUT2D eigenvalue weighted by atomic mass is 19.1. The highest BCUT2D eigenvalue weighted by molar-refractivity contribution is 5.90. The zero-order valence-electron chi connectivity index (χ0n) is 24.0. The van der Waals surface area contributed by atoms with Gasteiger partial charge in [-0.25, -0.2) is 4.39 Å². The monoisotopic (exact) mass is 576 g/mol. The van der Waals surface area contributed by atoms with Crippen molar-refractivity contribution in [3.8, 4) is 0 Å². The minimum atomic E-state index is -0.685. The first kappa shape index (κ1) is 29.9. The van der Waals surface area contributed by atoms with E-state index in [4.69, 9.17) is 4.74 Å². The van der Waals surface area contributed by atoms with Gasteiger partial charge in [0, 0.05) is 45.3 Å². The molecule has 0 saturated carbocycles. The Bertz CT molecular complexity index is 1260. The van der Waals surface area contributed by atoms with Crippen LogP contribution in [0.1, 0.15) is 43.2 Å². The Morgan fingerprint density at radius 1 is 1.02 bits per heavy atom. The second-order valence-corrected chi connectivity index (χ2v) is 11.8. The number of piperidine rings is 1. The average molecular weight is 577 g/mol. The van der Waals surface area contributed by atoms with Gasteiger partial charge >= 0.3 is 0 Å². The number of hydrogen-bond acceptors (Lipinski definition) is 5. The number of allylic oxidation sites excluding steroid dienone is 2. The van der Waals surface area contributed by atoms with E-state index in [2.05, 4.69) is 33.0 Å². The number of halogens is 1. The molecule has 9 heteroatoms. The quantitative estimate of drug-likeness (QED) is 0.459. The van der Waals surface area contributed by atoms with Crippen LogP contribution in [-0.2, 0) is 32.1 Å². The summed E-state index contributed by atoms with van der Waals surface area (Å²) in [5, 5.41) is 9.29. The van der Waals surface area contributed by atoms with Gasteiger partial charge in [0.05, 0.1) is 12.0 Å². The van der Waals surface area contributed by atoms with Crippen LogP contribution in [0, 0.1) is 17.2 Å². The first-order valence-electron chi connectivity index (χ1n) is 15.0. The third-order valence-electron chi connectivity index (χ3n) is 8.84. The van der Waals surface area contributed by atoms with Gasteiger partial charge in [-0.2, -0.15) is 0 Å².